The Morgan fingerprint density at radius 2 is 2.04 bits per heavy atom. The van der Waals surface area contributed by atoms with Gasteiger partial charge in [-0.1, -0.05) is 12.1 Å². The molecule has 0 N–H and O–H groups in total. The van der Waals surface area contributed by atoms with E-state index in [1.54, 1.807) is 31.0 Å². The summed E-state index contributed by atoms with van der Waals surface area (Å²) >= 11 is 0. The Balaban J connectivity index is 1.69. The lowest BCUT2D eigenvalue weighted by Gasteiger charge is -2.33. The van der Waals surface area contributed by atoms with Crippen molar-refractivity contribution < 1.29 is 19.1 Å². The molecule has 7 nitrogen and oxygen atoms in total. The van der Waals surface area contributed by atoms with E-state index >= 15 is 0 Å². The molecule has 0 aliphatic carbocycles. The molecule has 3 rings (SSSR count). The van der Waals surface area contributed by atoms with Crippen molar-refractivity contribution in [3.63, 3.8) is 0 Å². The van der Waals surface area contributed by atoms with E-state index in [1.165, 1.54) is 9.80 Å². The van der Waals surface area contributed by atoms with Crippen LogP contribution in [0.15, 0.2) is 24.3 Å². The molecule has 0 radical (unpaired) electrons. The van der Waals surface area contributed by atoms with E-state index in [1.807, 2.05) is 12.1 Å². The number of fused-ring (bicyclic) bond motifs is 1. The van der Waals surface area contributed by atoms with Gasteiger partial charge in [0, 0.05) is 20.0 Å². The molecule has 0 aromatic heterocycles. The van der Waals surface area contributed by atoms with Crippen molar-refractivity contribution in [2.75, 3.05) is 31.7 Å². The number of amides is 3. The fourth-order valence-corrected chi connectivity index (χ4v) is 2.79. The van der Waals surface area contributed by atoms with E-state index in [0.717, 1.165) is 0 Å². The highest BCUT2D eigenvalue weighted by Crippen LogP contribution is 2.33. The maximum absolute atomic E-state index is 12.3. The van der Waals surface area contributed by atoms with Gasteiger partial charge in [0.25, 0.3) is 5.91 Å². The molecule has 1 unspecified atom stereocenters. The second-order valence-electron chi connectivity index (χ2n) is 5.79. The third kappa shape index (κ3) is 2.86. The number of hydrogen-bond donors (Lipinski definition) is 0. The summed E-state index contributed by atoms with van der Waals surface area (Å²) in [6, 6.07) is 7.28. The van der Waals surface area contributed by atoms with Gasteiger partial charge in [0.15, 0.2) is 6.10 Å². The highest BCUT2D eigenvalue weighted by Gasteiger charge is 2.33. The van der Waals surface area contributed by atoms with Crippen LogP contribution in [0.1, 0.15) is 13.3 Å². The molecule has 2 heterocycles. The SMILES string of the molecule is CC1Oc2ccccc2N(CCC(=O)N2CC(=O)N(C)C2)C1=O. The van der Waals surface area contributed by atoms with Gasteiger partial charge in [0.2, 0.25) is 11.8 Å². The first-order chi connectivity index (χ1) is 11.0. The number of benzene rings is 1. The molecular weight excluding hydrogens is 298 g/mol. The first kappa shape index (κ1) is 15.3. The molecule has 1 atom stereocenters. The number of hydrogen-bond acceptors (Lipinski definition) is 4. The molecule has 2 aliphatic heterocycles. The molecule has 1 fully saturated rings. The van der Waals surface area contributed by atoms with Gasteiger partial charge in [-0.15, -0.1) is 0 Å². The van der Waals surface area contributed by atoms with Crippen molar-refractivity contribution in [1.29, 1.82) is 0 Å². The van der Waals surface area contributed by atoms with Crippen LogP contribution in [0.3, 0.4) is 0 Å². The lowest BCUT2D eigenvalue weighted by molar-refractivity contribution is -0.131. The summed E-state index contributed by atoms with van der Waals surface area (Å²) in [5.74, 6) is 0.279. The second-order valence-corrected chi connectivity index (χ2v) is 5.79. The zero-order chi connectivity index (χ0) is 16.6. The summed E-state index contributed by atoms with van der Waals surface area (Å²) in [4.78, 5) is 40.7. The molecule has 7 heteroatoms. The van der Waals surface area contributed by atoms with Gasteiger partial charge in [0.05, 0.1) is 12.4 Å². The third-order valence-electron chi connectivity index (χ3n) is 4.11. The Bertz CT molecular complexity index is 660. The van der Waals surface area contributed by atoms with Crippen LogP contribution in [0.5, 0.6) is 5.75 Å². The second kappa shape index (κ2) is 5.91. The Morgan fingerprint density at radius 1 is 1.30 bits per heavy atom. The quantitative estimate of drug-likeness (QED) is 0.811. The minimum absolute atomic E-state index is 0.0697. The molecular formula is C16H19N3O4. The standard InChI is InChI=1S/C16H19N3O4/c1-11-16(22)19(12-5-3-4-6-13(12)23-11)8-7-14(20)18-9-15(21)17(2)10-18/h3-6,11H,7-10H2,1-2H3. The molecule has 0 bridgehead atoms. The lowest BCUT2D eigenvalue weighted by atomic mass is 10.1. The normalized spacial score (nSPS) is 20.6. The number of para-hydroxylation sites is 2. The zero-order valence-corrected chi connectivity index (χ0v) is 13.2. The van der Waals surface area contributed by atoms with Gasteiger partial charge in [-0.05, 0) is 19.1 Å². The van der Waals surface area contributed by atoms with Gasteiger partial charge in [-0.3, -0.25) is 14.4 Å². The Morgan fingerprint density at radius 3 is 2.74 bits per heavy atom. The number of likely N-dealkylation sites (N-methyl/N-ethyl adjacent to an activating group) is 1. The molecule has 122 valence electrons. The third-order valence-corrected chi connectivity index (χ3v) is 4.11. The number of carbonyl (C=O) groups excluding carboxylic acids is 3. The fourth-order valence-electron chi connectivity index (χ4n) is 2.79. The van der Waals surface area contributed by atoms with Crippen LogP contribution in [-0.4, -0.2) is 60.4 Å². The first-order valence-electron chi connectivity index (χ1n) is 7.56. The number of ether oxygens (including phenoxy) is 1. The van der Waals surface area contributed by atoms with E-state index in [-0.39, 0.29) is 37.2 Å². The smallest absolute Gasteiger partial charge is 0.267 e. The minimum atomic E-state index is -0.570. The molecule has 0 spiro atoms. The van der Waals surface area contributed by atoms with Crippen LogP contribution < -0.4 is 9.64 Å². The highest BCUT2D eigenvalue weighted by atomic mass is 16.5. The summed E-state index contributed by atoms with van der Waals surface area (Å²) in [5, 5.41) is 0. The zero-order valence-electron chi connectivity index (χ0n) is 13.2. The summed E-state index contributed by atoms with van der Waals surface area (Å²) in [7, 11) is 1.67. The Labute approximate surface area is 134 Å². The van der Waals surface area contributed by atoms with Gasteiger partial charge >= 0.3 is 0 Å². The molecule has 1 aromatic carbocycles. The van der Waals surface area contributed by atoms with E-state index < -0.39 is 6.10 Å². The maximum Gasteiger partial charge on any atom is 0.267 e. The van der Waals surface area contributed by atoms with Gasteiger partial charge in [-0.25, -0.2) is 0 Å². The van der Waals surface area contributed by atoms with Gasteiger partial charge < -0.3 is 19.4 Å². The topological polar surface area (TPSA) is 70.2 Å². The highest BCUT2D eigenvalue weighted by molar-refractivity contribution is 6.00. The largest absolute Gasteiger partial charge is 0.479 e. The van der Waals surface area contributed by atoms with Crippen molar-refractivity contribution in [3.05, 3.63) is 24.3 Å². The summed E-state index contributed by atoms with van der Waals surface area (Å²) in [6.07, 6.45) is -0.395. The lowest BCUT2D eigenvalue weighted by Crippen LogP contribution is -2.46. The molecule has 2 aliphatic rings. The average molecular weight is 317 g/mol. The molecule has 1 aromatic rings. The number of anilines is 1. The summed E-state index contributed by atoms with van der Waals surface area (Å²) in [6.45, 7) is 2.39. The number of nitrogens with zero attached hydrogens (tertiary/aromatic N) is 3. The van der Waals surface area contributed by atoms with Crippen molar-refractivity contribution in [1.82, 2.24) is 9.80 Å². The molecule has 0 saturated carbocycles. The van der Waals surface area contributed by atoms with Crippen LogP contribution in [0, 0.1) is 0 Å². The summed E-state index contributed by atoms with van der Waals surface area (Å²) in [5.41, 5.74) is 0.679. The van der Waals surface area contributed by atoms with Crippen LogP contribution in [0.2, 0.25) is 0 Å². The van der Waals surface area contributed by atoms with E-state index in [4.69, 9.17) is 4.74 Å². The van der Waals surface area contributed by atoms with E-state index in [2.05, 4.69) is 0 Å². The maximum atomic E-state index is 12.3. The Hall–Kier alpha value is -2.57. The minimum Gasteiger partial charge on any atom is -0.479 e. The van der Waals surface area contributed by atoms with Crippen molar-refractivity contribution in [2.45, 2.75) is 19.4 Å². The molecule has 1 saturated heterocycles. The van der Waals surface area contributed by atoms with Crippen LogP contribution >= 0.6 is 0 Å². The van der Waals surface area contributed by atoms with Crippen LogP contribution in [-0.2, 0) is 14.4 Å². The monoisotopic (exact) mass is 317 g/mol. The summed E-state index contributed by atoms with van der Waals surface area (Å²) < 4.78 is 5.57. The first-order valence-corrected chi connectivity index (χ1v) is 7.56. The van der Waals surface area contributed by atoms with Crippen molar-refractivity contribution in [3.8, 4) is 5.75 Å². The average Bonchev–Trinajstić information content (AvgIpc) is 2.87. The van der Waals surface area contributed by atoms with Crippen LogP contribution in [0.4, 0.5) is 5.69 Å². The van der Waals surface area contributed by atoms with E-state index in [0.29, 0.717) is 18.1 Å². The Kier molecular flexibility index (Phi) is 3.94. The predicted molar refractivity (Wildman–Crippen MR) is 82.9 cm³/mol. The van der Waals surface area contributed by atoms with Gasteiger partial charge in [-0.2, -0.15) is 0 Å². The van der Waals surface area contributed by atoms with E-state index in [9.17, 15) is 14.4 Å². The van der Waals surface area contributed by atoms with Crippen molar-refractivity contribution in [2.24, 2.45) is 0 Å². The van der Waals surface area contributed by atoms with Gasteiger partial charge in [0.1, 0.15) is 12.3 Å². The predicted octanol–water partition coefficient (Wildman–Crippen LogP) is 0.449. The number of carbonyl (C=O) groups is 3. The number of rotatable bonds is 3. The molecule has 3 amide bonds. The van der Waals surface area contributed by atoms with Crippen LogP contribution in [0.25, 0.3) is 0 Å². The fraction of sp³-hybridized carbons (Fsp3) is 0.438. The molecule has 23 heavy (non-hydrogen) atoms. The van der Waals surface area contributed by atoms with Crippen molar-refractivity contribution >= 4 is 23.4 Å².